The van der Waals surface area contributed by atoms with Crippen LogP contribution in [-0.2, 0) is 9.59 Å². The molecule has 6 nitrogen and oxygen atoms in total. The van der Waals surface area contributed by atoms with Crippen molar-refractivity contribution in [2.75, 3.05) is 0 Å². The fraction of sp³-hybridized carbons (Fsp3) is 0.214. The quantitative estimate of drug-likeness (QED) is 0.648. The molecule has 2 heterocycles. The van der Waals surface area contributed by atoms with E-state index in [1.807, 2.05) is 0 Å². The molecule has 0 spiro atoms. The van der Waals surface area contributed by atoms with E-state index in [1.165, 1.54) is 0 Å². The smallest absolute Gasteiger partial charge is 0.237 e. The standard InChI is InChI=1S/C14H11N3O3/c18-7-8-2-1-3-11-10(8)6-15-13(16-11)9-4-5-12(19)17-14(9)20/h1-3,6-7,9H,4-5H2,(H,17,19,20). The van der Waals surface area contributed by atoms with Gasteiger partial charge in [-0.25, -0.2) is 9.97 Å². The number of rotatable bonds is 2. The monoisotopic (exact) mass is 269 g/mol. The second kappa shape index (κ2) is 4.80. The predicted molar refractivity (Wildman–Crippen MR) is 70.1 cm³/mol. The van der Waals surface area contributed by atoms with Crippen LogP contribution in [-0.4, -0.2) is 28.1 Å². The fourth-order valence-electron chi connectivity index (χ4n) is 2.30. The zero-order chi connectivity index (χ0) is 14.1. The molecule has 1 aromatic carbocycles. The van der Waals surface area contributed by atoms with Gasteiger partial charge in [-0.05, 0) is 12.5 Å². The van der Waals surface area contributed by atoms with Crippen molar-refractivity contribution in [1.29, 1.82) is 0 Å². The summed E-state index contributed by atoms with van der Waals surface area (Å²) in [5.41, 5.74) is 1.13. The van der Waals surface area contributed by atoms with Gasteiger partial charge in [0, 0.05) is 23.6 Å². The van der Waals surface area contributed by atoms with Gasteiger partial charge in [-0.3, -0.25) is 19.7 Å². The van der Waals surface area contributed by atoms with Crippen LogP contribution in [0.2, 0.25) is 0 Å². The Bertz CT molecular complexity index is 727. The van der Waals surface area contributed by atoms with Crippen LogP contribution in [0.1, 0.15) is 34.9 Å². The number of carbonyl (C=O) groups is 3. The minimum Gasteiger partial charge on any atom is -0.298 e. The van der Waals surface area contributed by atoms with Gasteiger partial charge in [0.05, 0.1) is 11.4 Å². The molecular weight excluding hydrogens is 258 g/mol. The van der Waals surface area contributed by atoms with E-state index < -0.39 is 5.92 Å². The lowest BCUT2D eigenvalue weighted by molar-refractivity contribution is -0.134. The lowest BCUT2D eigenvalue weighted by atomic mass is 9.97. The highest BCUT2D eigenvalue weighted by Gasteiger charge is 2.30. The number of hydrogen-bond acceptors (Lipinski definition) is 5. The first kappa shape index (κ1) is 12.4. The summed E-state index contributed by atoms with van der Waals surface area (Å²) < 4.78 is 0. The summed E-state index contributed by atoms with van der Waals surface area (Å²) in [5, 5.41) is 2.94. The summed E-state index contributed by atoms with van der Waals surface area (Å²) in [5.74, 6) is -0.773. The van der Waals surface area contributed by atoms with Crippen LogP contribution in [0.4, 0.5) is 0 Å². The van der Waals surface area contributed by atoms with Crippen LogP contribution in [0.15, 0.2) is 24.4 Å². The molecule has 1 aliphatic rings. The molecule has 100 valence electrons. The van der Waals surface area contributed by atoms with Crippen molar-refractivity contribution in [3.63, 3.8) is 0 Å². The Morgan fingerprint density at radius 1 is 1.30 bits per heavy atom. The van der Waals surface area contributed by atoms with Gasteiger partial charge in [-0.15, -0.1) is 0 Å². The summed E-state index contributed by atoms with van der Waals surface area (Å²) in [6.45, 7) is 0. The van der Waals surface area contributed by atoms with E-state index in [-0.39, 0.29) is 18.2 Å². The SMILES string of the molecule is O=Cc1cccc2nc(C3CCC(=O)NC3=O)ncc12. The maximum Gasteiger partial charge on any atom is 0.237 e. The maximum absolute atomic E-state index is 11.8. The Hall–Kier alpha value is -2.63. The number of fused-ring (bicyclic) bond motifs is 1. The van der Waals surface area contributed by atoms with Crippen molar-refractivity contribution in [3.05, 3.63) is 35.8 Å². The number of aromatic nitrogens is 2. The zero-order valence-electron chi connectivity index (χ0n) is 10.5. The van der Waals surface area contributed by atoms with E-state index >= 15 is 0 Å². The second-order valence-electron chi connectivity index (χ2n) is 4.63. The molecule has 2 amide bonds. The molecule has 1 N–H and O–H groups in total. The maximum atomic E-state index is 11.8. The molecule has 1 fully saturated rings. The number of piperidine rings is 1. The minimum absolute atomic E-state index is 0.268. The third-order valence-electron chi connectivity index (χ3n) is 3.36. The van der Waals surface area contributed by atoms with Crippen molar-refractivity contribution in [2.45, 2.75) is 18.8 Å². The van der Waals surface area contributed by atoms with Crippen LogP contribution < -0.4 is 5.32 Å². The molecule has 0 bridgehead atoms. The Kier molecular flexibility index (Phi) is 2.98. The van der Waals surface area contributed by atoms with Crippen molar-refractivity contribution in [3.8, 4) is 0 Å². The van der Waals surface area contributed by atoms with Gasteiger partial charge in [0.2, 0.25) is 11.8 Å². The number of amides is 2. The topological polar surface area (TPSA) is 89.0 Å². The van der Waals surface area contributed by atoms with Crippen LogP contribution in [0.25, 0.3) is 10.9 Å². The molecule has 1 saturated heterocycles. The Morgan fingerprint density at radius 2 is 2.15 bits per heavy atom. The van der Waals surface area contributed by atoms with E-state index in [2.05, 4.69) is 15.3 Å². The molecule has 0 radical (unpaired) electrons. The zero-order valence-corrected chi connectivity index (χ0v) is 10.5. The average molecular weight is 269 g/mol. The third kappa shape index (κ3) is 2.05. The van der Waals surface area contributed by atoms with Crippen molar-refractivity contribution >= 4 is 29.0 Å². The number of nitrogens with one attached hydrogen (secondary N) is 1. The largest absolute Gasteiger partial charge is 0.298 e. The number of nitrogens with zero attached hydrogens (tertiary/aromatic N) is 2. The van der Waals surface area contributed by atoms with Crippen LogP contribution in [0.5, 0.6) is 0 Å². The first-order chi connectivity index (χ1) is 9.69. The molecular formula is C14H11N3O3. The van der Waals surface area contributed by atoms with Crippen molar-refractivity contribution in [2.24, 2.45) is 0 Å². The first-order valence-corrected chi connectivity index (χ1v) is 6.23. The molecule has 0 saturated carbocycles. The van der Waals surface area contributed by atoms with E-state index in [1.54, 1.807) is 24.4 Å². The lowest BCUT2D eigenvalue weighted by Gasteiger charge is -2.19. The van der Waals surface area contributed by atoms with E-state index in [0.29, 0.717) is 28.7 Å². The molecule has 6 heteroatoms. The predicted octanol–water partition coefficient (Wildman–Crippen LogP) is 0.962. The van der Waals surface area contributed by atoms with E-state index in [9.17, 15) is 14.4 Å². The molecule has 0 aliphatic carbocycles. The highest BCUT2D eigenvalue weighted by Crippen LogP contribution is 2.24. The summed E-state index contributed by atoms with van der Waals surface area (Å²) in [7, 11) is 0. The summed E-state index contributed by atoms with van der Waals surface area (Å²) in [4.78, 5) is 42.4. The number of hydrogen-bond donors (Lipinski definition) is 1. The van der Waals surface area contributed by atoms with Gasteiger partial charge in [-0.1, -0.05) is 12.1 Å². The van der Waals surface area contributed by atoms with E-state index in [4.69, 9.17) is 0 Å². The van der Waals surface area contributed by atoms with Gasteiger partial charge in [-0.2, -0.15) is 0 Å². The van der Waals surface area contributed by atoms with Gasteiger partial charge < -0.3 is 0 Å². The molecule has 1 atom stereocenters. The van der Waals surface area contributed by atoms with Gasteiger partial charge >= 0.3 is 0 Å². The normalized spacial score (nSPS) is 18.9. The first-order valence-electron chi connectivity index (χ1n) is 6.23. The minimum atomic E-state index is -0.517. The Balaban J connectivity index is 2.03. The lowest BCUT2D eigenvalue weighted by Crippen LogP contribution is -2.40. The molecule has 20 heavy (non-hydrogen) atoms. The van der Waals surface area contributed by atoms with Gasteiger partial charge in [0.1, 0.15) is 5.82 Å². The third-order valence-corrected chi connectivity index (χ3v) is 3.36. The number of benzene rings is 1. The Labute approximate surface area is 114 Å². The van der Waals surface area contributed by atoms with Crippen LogP contribution in [0, 0.1) is 0 Å². The highest BCUT2D eigenvalue weighted by molar-refractivity contribution is 6.01. The van der Waals surface area contributed by atoms with E-state index in [0.717, 1.165) is 6.29 Å². The fourth-order valence-corrected chi connectivity index (χ4v) is 2.30. The summed E-state index contributed by atoms with van der Waals surface area (Å²) in [6.07, 6.45) is 2.98. The number of carbonyl (C=O) groups excluding carboxylic acids is 3. The van der Waals surface area contributed by atoms with Gasteiger partial charge in [0.25, 0.3) is 0 Å². The van der Waals surface area contributed by atoms with Crippen molar-refractivity contribution in [1.82, 2.24) is 15.3 Å². The van der Waals surface area contributed by atoms with Crippen molar-refractivity contribution < 1.29 is 14.4 Å². The molecule has 3 rings (SSSR count). The van der Waals surface area contributed by atoms with Gasteiger partial charge in [0.15, 0.2) is 6.29 Å². The summed E-state index contributed by atoms with van der Waals surface area (Å²) in [6, 6.07) is 5.18. The Morgan fingerprint density at radius 3 is 2.90 bits per heavy atom. The number of imide groups is 1. The molecule has 2 aromatic rings. The molecule has 1 aliphatic heterocycles. The second-order valence-corrected chi connectivity index (χ2v) is 4.63. The number of aldehydes is 1. The summed E-state index contributed by atoms with van der Waals surface area (Å²) >= 11 is 0. The molecule has 1 unspecified atom stereocenters. The highest BCUT2D eigenvalue weighted by atomic mass is 16.2. The average Bonchev–Trinajstić information content (AvgIpc) is 2.46. The van der Waals surface area contributed by atoms with Crippen LogP contribution in [0.3, 0.4) is 0 Å². The van der Waals surface area contributed by atoms with Crippen LogP contribution >= 0.6 is 0 Å². The molecule has 1 aromatic heterocycles.